The van der Waals surface area contributed by atoms with Crippen molar-refractivity contribution < 1.29 is 27.9 Å². The predicted molar refractivity (Wildman–Crippen MR) is 86.5 cm³/mol. The van der Waals surface area contributed by atoms with Gasteiger partial charge in [0.2, 0.25) is 5.91 Å². The van der Waals surface area contributed by atoms with Crippen LogP contribution in [0.4, 0.5) is 13.2 Å². The summed E-state index contributed by atoms with van der Waals surface area (Å²) in [6, 6.07) is 4.49. The molecule has 0 aromatic heterocycles. The monoisotopic (exact) mass is 353 g/mol. The van der Waals surface area contributed by atoms with Crippen molar-refractivity contribution in [3.63, 3.8) is 0 Å². The maximum Gasteiger partial charge on any atom is 0.416 e. The number of nitrogens with one attached hydrogen (secondary N) is 1. The lowest BCUT2D eigenvalue weighted by atomic mass is 9.85. The molecule has 4 nitrogen and oxygen atoms in total. The van der Waals surface area contributed by atoms with Gasteiger partial charge in [-0.1, -0.05) is 24.3 Å². The zero-order valence-electron chi connectivity index (χ0n) is 13.6. The number of alkyl halides is 3. The Balaban J connectivity index is 2.01. The number of carbonyl (C=O) groups is 2. The number of aliphatic carboxylic acids is 1. The first-order valence-electron chi connectivity index (χ1n) is 7.66. The summed E-state index contributed by atoms with van der Waals surface area (Å²) < 4.78 is 37.6. The van der Waals surface area contributed by atoms with Gasteiger partial charge in [-0.3, -0.25) is 9.59 Å². The molecule has 1 amide bonds. The molecule has 1 aromatic carbocycles. The second-order valence-electron chi connectivity index (χ2n) is 6.09. The van der Waals surface area contributed by atoms with Crippen molar-refractivity contribution in [2.45, 2.75) is 25.9 Å². The first-order valence-corrected chi connectivity index (χ1v) is 7.66. The molecule has 0 atom stereocenters. The molecule has 0 unspecified atom stereocenters. The fraction of sp³-hybridized carbons (Fsp3) is 0.333. The molecule has 1 aromatic rings. The largest absolute Gasteiger partial charge is 0.481 e. The highest BCUT2D eigenvalue weighted by molar-refractivity contribution is 5.95. The Morgan fingerprint density at radius 1 is 1.20 bits per heavy atom. The Bertz CT molecular complexity index is 710. The number of hydrogen-bond donors (Lipinski definition) is 2. The van der Waals surface area contributed by atoms with E-state index >= 15 is 0 Å². The second kappa shape index (κ2) is 7.13. The molecule has 0 heterocycles. The fourth-order valence-corrected chi connectivity index (χ4v) is 2.61. The van der Waals surface area contributed by atoms with Crippen LogP contribution in [0.2, 0.25) is 0 Å². The van der Waals surface area contributed by atoms with Gasteiger partial charge in [-0.25, -0.2) is 0 Å². The SMILES string of the molecule is C/C(=C\C(=O)NCC1(C(=O)O)CC=CC1)c1ccc(C(F)(F)F)cc1. The second-order valence-corrected chi connectivity index (χ2v) is 6.09. The Kier molecular flexibility index (Phi) is 5.35. The van der Waals surface area contributed by atoms with Gasteiger partial charge in [0.15, 0.2) is 0 Å². The molecule has 1 aliphatic rings. The van der Waals surface area contributed by atoms with E-state index in [1.807, 2.05) is 0 Å². The van der Waals surface area contributed by atoms with Crippen LogP contribution in [0.15, 0.2) is 42.5 Å². The van der Waals surface area contributed by atoms with Crippen LogP contribution in [-0.2, 0) is 15.8 Å². The first-order chi connectivity index (χ1) is 11.6. The predicted octanol–water partition coefficient (Wildman–Crippen LogP) is 3.65. The molecule has 0 fully saturated rings. The summed E-state index contributed by atoms with van der Waals surface area (Å²) in [4.78, 5) is 23.4. The summed E-state index contributed by atoms with van der Waals surface area (Å²) in [5.41, 5.74) is -0.810. The molecule has 0 saturated carbocycles. The third kappa shape index (κ3) is 4.49. The lowest BCUT2D eigenvalue weighted by molar-refractivity contribution is -0.148. The minimum absolute atomic E-state index is 0.00897. The van der Waals surface area contributed by atoms with E-state index in [9.17, 15) is 27.9 Å². The molecular formula is C18H18F3NO3. The van der Waals surface area contributed by atoms with Crippen molar-refractivity contribution >= 4 is 17.4 Å². The molecule has 134 valence electrons. The number of carboxylic acids is 1. The van der Waals surface area contributed by atoms with E-state index in [2.05, 4.69) is 5.32 Å². The minimum atomic E-state index is -4.41. The van der Waals surface area contributed by atoms with E-state index in [1.54, 1.807) is 19.1 Å². The quantitative estimate of drug-likeness (QED) is 0.627. The Morgan fingerprint density at radius 2 is 1.76 bits per heavy atom. The van der Waals surface area contributed by atoms with Crippen LogP contribution in [0.5, 0.6) is 0 Å². The van der Waals surface area contributed by atoms with Crippen molar-refractivity contribution in [2.24, 2.45) is 5.41 Å². The van der Waals surface area contributed by atoms with Crippen LogP contribution >= 0.6 is 0 Å². The highest BCUT2D eigenvalue weighted by Crippen LogP contribution is 2.33. The standard InChI is InChI=1S/C18H18F3NO3/c1-12(13-4-6-14(7-5-13)18(19,20)21)10-15(23)22-11-17(16(24)25)8-2-3-9-17/h2-7,10H,8-9,11H2,1H3,(H,22,23)(H,24,25)/b12-10+. The van der Waals surface area contributed by atoms with Crippen LogP contribution in [0.25, 0.3) is 5.57 Å². The average molecular weight is 353 g/mol. The Labute approximate surface area is 143 Å². The third-order valence-corrected chi connectivity index (χ3v) is 4.25. The van der Waals surface area contributed by atoms with E-state index in [-0.39, 0.29) is 6.54 Å². The number of carbonyl (C=O) groups excluding carboxylic acids is 1. The molecule has 0 spiro atoms. The maximum absolute atomic E-state index is 12.5. The van der Waals surface area contributed by atoms with Gasteiger partial charge in [-0.2, -0.15) is 13.2 Å². The number of rotatable bonds is 5. The Morgan fingerprint density at radius 3 is 2.24 bits per heavy atom. The molecule has 25 heavy (non-hydrogen) atoms. The van der Waals surface area contributed by atoms with Gasteiger partial charge in [-0.15, -0.1) is 0 Å². The first kappa shape index (κ1) is 18.8. The molecule has 0 aliphatic heterocycles. The maximum atomic E-state index is 12.5. The lowest BCUT2D eigenvalue weighted by Crippen LogP contribution is -2.41. The molecule has 0 saturated heterocycles. The lowest BCUT2D eigenvalue weighted by Gasteiger charge is -2.23. The van der Waals surface area contributed by atoms with E-state index < -0.39 is 29.0 Å². The zero-order valence-corrected chi connectivity index (χ0v) is 13.6. The van der Waals surface area contributed by atoms with Crippen LogP contribution in [0, 0.1) is 5.41 Å². The average Bonchev–Trinajstić information content (AvgIpc) is 3.02. The number of hydrogen-bond acceptors (Lipinski definition) is 2. The molecule has 0 radical (unpaired) electrons. The molecule has 2 rings (SSSR count). The van der Waals surface area contributed by atoms with Gasteiger partial charge in [0.1, 0.15) is 0 Å². The number of amides is 1. The summed E-state index contributed by atoms with van der Waals surface area (Å²) in [6.07, 6.45) is 1.08. The molecule has 2 N–H and O–H groups in total. The summed E-state index contributed by atoms with van der Waals surface area (Å²) in [7, 11) is 0. The third-order valence-electron chi connectivity index (χ3n) is 4.25. The molecule has 1 aliphatic carbocycles. The van der Waals surface area contributed by atoms with Gasteiger partial charge in [0, 0.05) is 12.6 Å². The highest BCUT2D eigenvalue weighted by Gasteiger charge is 2.39. The number of carboxylic acid groups (broad SMARTS) is 1. The van der Waals surface area contributed by atoms with Crippen LogP contribution in [0.3, 0.4) is 0 Å². The van der Waals surface area contributed by atoms with Crippen LogP contribution in [0.1, 0.15) is 30.9 Å². The van der Waals surface area contributed by atoms with Gasteiger partial charge in [0.25, 0.3) is 0 Å². The van der Waals surface area contributed by atoms with Crippen molar-refractivity contribution in [3.8, 4) is 0 Å². The van der Waals surface area contributed by atoms with Gasteiger partial charge in [-0.05, 0) is 43.0 Å². The van der Waals surface area contributed by atoms with Gasteiger partial charge < -0.3 is 10.4 Å². The van der Waals surface area contributed by atoms with E-state index in [4.69, 9.17) is 0 Å². The van der Waals surface area contributed by atoms with Crippen LogP contribution in [-0.4, -0.2) is 23.5 Å². The van der Waals surface area contributed by atoms with Crippen LogP contribution < -0.4 is 5.32 Å². The normalized spacial score (nSPS) is 16.7. The summed E-state index contributed by atoms with van der Waals surface area (Å²) >= 11 is 0. The minimum Gasteiger partial charge on any atom is -0.481 e. The Hall–Kier alpha value is -2.57. The molecule has 0 bridgehead atoms. The smallest absolute Gasteiger partial charge is 0.416 e. The van der Waals surface area contributed by atoms with Gasteiger partial charge >= 0.3 is 12.1 Å². The summed E-state index contributed by atoms with van der Waals surface area (Å²) in [5.74, 6) is -1.45. The number of halogens is 3. The van der Waals surface area contributed by atoms with Crippen molar-refractivity contribution in [3.05, 3.63) is 53.6 Å². The van der Waals surface area contributed by atoms with Crippen molar-refractivity contribution in [2.75, 3.05) is 6.54 Å². The molecule has 7 heteroatoms. The molecular weight excluding hydrogens is 335 g/mol. The van der Waals surface area contributed by atoms with Gasteiger partial charge in [0.05, 0.1) is 11.0 Å². The van der Waals surface area contributed by atoms with E-state index in [1.165, 1.54) is 18.2 Å². The fourth-order valence-electron chi connectivity index (χ4n) is 2.61. The van der Waals surface area contributed by atoms with E-state index in [0.717, 1.165) is 12.1 Å². The van der Waals surface area contributed by atoms with Crippen molar-refractivity contribution in [1.29, 1.82) is 0 Å². The zero-order chi connectivity index (χ0) is 18.7. The highest BCUT2D eigenvalue weighted by atomic mass is 19.4. The summed E-state index contributed by atoms with van der Waals surface area (Å²) in [5, 5.41) is 11.9. The summed E-state index contributed by atoms with van der Waals surface area (Å²) in [6.45, 7) is 1.59. The number of allylic oxidation sites excluding steroid dienone is 3. The topological polar surface area (TPSA) is 66.4 Å². The van der Waals surface area contributed by atoms with Crippen molar-refractivity contribution in [1.82, 2.24) is 5.32 Å². The number of benzene rings is 1. The van der Waals surface area contributed by atoms with E-state index in [0.29, 0.717) is 24.0 Å².